The third-order valence-electron chi connectivity index (χ3n) is 1.91. The average Bonchev–Trinajstić information content (AvgIpc) is 2.19. The van der Waals surface area contributed by atoms with Crippen molar-refractivity contribution in [3.63, 3.8) is 0 Å². The van der Waals surface area contributed by atoms with Crippen LogP contribution in [0.15, 0.2) is 0 Å². The van der Waals surface area contributed by atoms with Gasteiger partial charge in [0.15, 0.2) is 0 Å². The molecule has 6 heteroatoms. The van der Waals surface area contributed by atoms with Gasteiger partial charge in [-0.15, -0.1) is 0 Å². The molecule has 1 N–H and O–H groups in total. The second-order valence-corrected chi connectivity index (χ2v) is 6.62. The summed E-state index contributed by atoms with van der Waals surface area (Å²) < 4.78 is 15.9. The van der Waals surface area contributed by atoms with Crippen LogP contribution in [0, 0.1) is 0 Å². The maximum absolute atomic E-state index is 11.4. The van der Waals surface area contributed by atoms with Gasteiger partial charge in [0.05, 0.1) is 6.42 Å². The second-order valence-electron chi connectivity index (χ2n) is 5.07. The van der Waals surface area contributed by atoms with Gasteiger partial charge in [0.1, 0.15) is 5.60 Å². The van der Waals surface area contributed by atoms with Gasteiger partial charge >= 0.3 is 5.97 Å². The van der Waals surface area contributed by atoms with Crippen molar-refractivity contribution in [1.29, 1.82) is 0 Å². The summed E-state index contributed by atoms with van der Waals surface area (Å²) in [7, 11) is -0.828. The highest BCUT2D eigenvalue weighted by Crippen LogP contribution is 2.08. The van der Waals surface area contributed by atoms with E-state index in [0.29, 0.717) is 18.7 Å². The lowest BCUT2D eigenvalue weighted by molar-refractivity contribution is -0.155. The molecule has 5 nitrogen and oxygen atoms in total. The van der Waals surface area contributed by atoms with Crippen LogP contribution in [0.4, 0.5) is 0 Å². The first-order chi connectivity index (χ1) is 8.20. The average molecular weight is 277 g/mol. The number of amides is 1. The highest BCUT2D eigenvalue weighted by molar-refractivity contribution is 7.84. The Hall–Kier alpha value is -0.910. The minimum Gasteiger partial charge on any atom is -0.460 e. The molecule has 0 spiro atoms. The van der Waals surface area contributed by atoms with Crippen LogP contribution in [0.3, 0.4) is 0 Å². The molecule has 0 aliphatic carbocycles. The summed E-state index contributed by atoms with van der Waals surface area (Å²) in [5.41, 5.74) is -0.515. The number of hydrogen-bond donors (Lipinski definition) is 1. The lowest BCUT2D eigenvalue weighted by atomic mass is 10.2. The van der Waals surface area contributed by atoms with Crippen LogP contribution >= 0.6 is 0 Å². The predicted octanol–water partition coefficient (Wildman–Crippen LogP) is 0.993. The molecule has 0 aliphatic rings. The van der Waals surface area contributed by atoms with Crippen LogP contribution in [0.25, 0.3) is 0 Å². The van der Waals surface area contributed by atoms with Gasteiger partial charge in [0, 0.05) is 35.8 Å². The standard InChI is InChI=1S/C12H23NO4S/c1-12(2,3)17-11(15)7-6-10(14)13-8-5-9-18(4)16/h5-9H2,1-4H3,(H,13,14). The van der Waals surface area contributed by atoms with Gasteiger partial charge in [0.2, 0.25) is 5.91 Å². The zero-order valence-electron chi connectivity index (χ0n) is 11.6. The SMILES string of the molecule is CS(=O)CCCNC(=O)CCC(=O)OC(C)(C)C. The molecule has 0 saturated heterocycles. The Morgan fingerprint density at radius 2 is 1.83 bits per heavy atom. The third kappa shape index (κ3) is 11.6. The van der Waals surface area contributed by atoms with E-state index >= 15 is 0 Å². The van der Waals surface area contributed by atoms with Crippen LogP contribution in [0.1, 0.15) is 40.0 Å². The van der Waals surface area contributed by atoms with Gasteiger partial charge in [-0.1, -0.05) is 0 Å². The van der Waals surface area contributed by atoms with Crippen LogP contribution in [0.2, 0.25) is 0 Å². The fourth-order valence-corrected chi connectivity index (χ4v) is 1.75. The number of nitrogens with one attached hydrogen (secondary N) is 1. The maximum atomic E-state index is 11.4. The monoisotopic (exact) mass is 277 g/mol. The Morgan fingerprint density at radius 1 is 1.22 bits per heavy atom. The fraction of sp³-hybridized carbons (Fsp3) is 0.833. The topological polar surface area (TPSA) is 72.5 Å². The van der Waals surface area contributed by atoms with Crippen molar-refractivity contribution in [1.82, 2.24) is 5.32 Å². The Kier molecular flexibility index (Phi) is 7.82. The smallest absolute Gasteiger partial charge is 0.306 e. The Labute approximate surface area is 111 Å². The highest BCUT2D eigenvalue weighted by atomic mass is 32.2. The molecule has 0 aromatic carbocycles. The Bertz CT molecular complexity index is 310. The number of hydrogen-bond acceptors (Lipinski definition) is 4. The van der Waals surface area contributed by atoms with E-state index in [4.69, 9.17) is 4.74 Å². The summed E-state index contributed by atoms with van der Waals surface area (Å²) in [6.45, 7) is 5.86. The third-order valence-corrected chi connectivity index (χ3v) is 2.77. The normalized spacial score (nSPS) is 12.9. The molecular weight excluding hydrogens is 254 g/mol. The minimum atomic E-state index is -0.828. The molecule has 0 rings (SSSR count). The van der Waals surface area contributed by atoms with Gasteiger partial charge in [-0.3, -0.25) is 13.8 Å². The molecule has 1 unspecified atom stereocenters. The van der Waals surface area contributed by atoms with Crippen molar-refractivity contribution >= 4 is 22.7 Å². The van der Waals surface area contributed by atoms with E-state index in [-0.39, 0.29) is 24.7 Å². The summed E-state index contributed by atoms with van der Waals surface area (Å²) in [6, 6.07) is 0. The molecule has 0 aliphatic heterocycles. The fourth-order valence-electron chi connectivity index (χ4n) is 1.20. The van der Waals surface area contributed by atoms with Gasteiger partial charge < -0.3 is 10.1 Å². The molecule has 106 valence electrons. The molecule has 0 radical (unpaired) electrons. The van der Waals surface area contributed by atoms with Crippen molar-refractivity contribution < 1.29 is 18.5 Å². The number of esters is 1. The summed E-state index contributed by atoms with van der Waals surface area (Å²) in [6.07, 6.45) is 2.53. The lowest BCUT2D eigenvalue weighted by Crippen LogP contribution is -2.28. The van der Waals surface area contributed by atoms with E-state index in [9.17, 15) is 13.8 Å². The van der Waals surface area contributed by atoms with Crippen LogP contribution in [-0.4, -0.2) is 40.2 Å². The van der Waals surface area contributed by atoms with E-state index in [0.717, 1.165) is 0 Å². The van der Waals surface area contributed by atoms with Gasteiger partial charge in [-0.2, -0.15) is 0 Å². The number of carbonyl (C=O) groups excluding carboxylic acids is 2. The second kappa shape index (κ2) is 8.24. The van der Waals surface area contributed by atoms with Crippen molar-refractivity contribution in [2.45, 2.75) is 45.6 Å². The van der Waals surface area contributed by atoms with Crippen molar-refractivity contribution in [3.05, 3.63) is 0 Å². The van der Waals surface area contributed by atoms with Gasteiger partial charge in [0.25, 0.3) is 0 Å². The summed E-state index contributed by atoms with van der Waals surface area (Å²) in [5, 5.41) is 2.68. The van der Waals surface area contributed by atoms with Crippen molar-refractivity contribution in [2.75, 3.05) is 18.6 Å². The van der Waals surface area contributed by atoms with Crippen LogP contribution < -0.4 is 5.32 Å². The summed E-state index contributed by atoms with van der Waals surface area (Å²) in [5.74, 6) is 0.0295. The molecule has 0 bridgehead atoms. The molecule has 0 heterocycles. The maximum Gasteiger partial charge on any atom is 0.306 e. The molecule has 0 saturated carbocycles. The first-order valence-corrected chi connectivity index (χ1v) is 7.72. The van der Waals surface area contributed by atoms with E-state index in [1.54, 1.807) is 27.0 Å². The number of rotatable bonds is 7. The van der Waals surface area contributed by atoms with Crippen molar-refractivity contribution in [3.8, 4) is 0 Å². The first kappa shape index (κ1) is 17.1. The largest absolute Gasteiger partial charge is 0.460 e. The van der Waals surface area contributed by atoms with Crippen molar-refractivity contribution in [2.24, 2.45) is 0 Å². The van der Waals surface area contributed by atoms with Gasteiger partial charge in [-0.25, -0.2) is 0 Å². The number of carbonyl (C=O) groups is 2. The van der Waals surface area contributed by atoms with E-state index in [1.807, 2.05) is 0 Å². The van der Waals surface area contributed by atoms with E-state index in [1.165, 1.54) is 0 Å². The summed E-state index contributed by atoms with van der Waals surface area (Å²) >= 11 is 0. The zero-order chi connectivity index (χ0) is 14.2. The molecule has 0 aromatic rings. The molecule has 1 atom stereocenters. The molecular formula is C12H23NO4S. The predicted molar refractivity (Wildman–Crippen MR) is 71.6 cm³/mol. The Morgan fingerprint density at radius 3 is 2.33 bits per heavy atom. The minimum absolute atomic E-state index is 0.0861. The molecule has 0 aromatic heterocycles. The zero-order valence-corrected chi connectivity index (χ0v) is 12.4. The first-order valence-electron chi connectivity index (χ1n) is 5.99. The van der Waals surface area contributed by atoms with E-state index in [2.05, 4.69) is 5.32 Å². The van der Waals surface area contributed by atoms with Gasteiger partial charge in [-0.05, 0) is 27.2 Å². The molecule has 0 fully saturated rings. The lowest BCUT2D eigenvalue weighted by Gasteiger charge is -2.19. The highest BCUT2D eigenvalue weighted by Gasteiger charge is 2.16. The summed E-state index contributed by atoms with van der Waals surface area (Å²) in [4.78, 5) is 22.7. The Balaban J connectivity index is 3.64. The van der Waals surface area contributed by atoms with E-state index < -0.39 is 16.4 Å². The molecule has 18 heavy (non-hydrogen) atoms. The van der Waals surface area contributed by atoms with Crippen LogP contribution in [0.5, 0.6) is 0 Å². The number of ether oxygens (including phenoxy) is 1. The molecule has 1 amide bonds. The van der Waals surface area contributed by atoms with Crippen LogP contribution in [-0.2, 0) is 25.1 Å². The quantitative estimate of drug-likeness (QED) is 0.556.